The van der Waals surface area contributed by atoms with Crippen LogP contribution in [0.3, 0.4) is 0 Å². The van der Waals surface area contributed by atoms with Gasteiger partial charge in [-0.3, -0.25) is 0 Å². The molecule has 0 bridgehead atoms. The molecule has 2 rings (SSSR count). The third kappa shape index (κ3) is 1.37. The number of oxazole rings is 1. The van der Waals surface area contributed by atoms with E-state index < -0.39 is 0 Å². The van der Waals surface area contributed by atoms with Crippen LogP contribution in [0.5, 0.6) is 0 Å². The third-order valence-electron chi connectivity index (χ3n) is 2.47. The summed E-state index contributed by atoms with van der Waals surface area (Å²) in [6, 6.07) is 0. The van der Waals surface area contributed by atoms with E-state index in [1.807, 2.05) is 6.92 Å². The Morgan fingerprint density at radius 3 is 3.17 bits per heavy atom. The standard InChI is InChI=1S/C9H14N2O/c1-7-9(11-6-12-7)8-3-2-4-10-5-8/h6,8,10H,2-5H2,1H3. The lowest BCUT2D eigenvalue weighted by Gasteiger charge is -2.20. The molecule has 1 aromatic heterocycles. The minimum Gasteiger partial charge on any atom is -0.449 e. The van der Waals surface area contributed by atoms with Crippen LogP contribution in [0.15, 0.2) is 10.8 Å². The third-order valence-corrected chi connectivity index (χ3v) is 2.47. The van der Waals surface area contributed by atoms with E-state index in [2.05, 4.69) is 10.3 Å². The van der Waals surface area contributed by atoms with Crippen molar-refractivity contribution in [3.05, 3.63) is 17.8 Å². The minimum atomic E-state index is 0.567. The second-order valence-electron chi connectivity index (χ2n) is 3.34. The molecule has 66 valence electrons. The SMILES string of the molecule is Cc1ocnc1C1CCCNC1. The predicted molar refractivity (Wildman–Crippen MR) is 46.1 cm³/mol. The molecule has 0 radical (unpaired) electrons. The summed E-state index contributed by atoms with van der Waals surface area (Å²) in [5.74, 6) is 1.54. The zero-order valence-corrected chi connectivity index (χ0v) is 7.34. The zero-order valence-electron chi connectivity index (χ0n) is 7.34. The molecule has 1 aromatic rings. The van der Waals surface area contributed by atoms with Crippen molar-refractivity contribution < 1.29 is 4.42 Å². The molecule has 0 spiro atoms. The van der Waals surface area contributed by atoms with Crippen LogP contribution in [0, 0.1) is 6.92 Å². The first-order valence-corrected chi connectivity index (χ1v) is 4.48. The van der Waals surface area contributed by atoms with E-state index in [-0.39, 0.29) is 0 Å². The first-order chi connectivity index (χ1) is 5.88. The van der Waals surface area contributed by atoms with Crippen LogP contribution in [0.4, 0.5) is 0 Å². The largest absolute Gasteiger partial charge is 0.449 e. The lowest BCUT2D eigenvalue weighted by atomic mass is 9.95. The van der Waals surface area contributed by atoms with Crippen molar-refractivity contribution in [2.45, 2.75) is 25.7 Å². The highest BCUT2D eigenvalue weighted by molar-refractivity contribution is 5.12. The first kappa shape index (κ1) is 7.80. The van der Waals surface area contributed by atoms with Crippen LogP contribution in [-0.4, -0.2) is 18.1 Å². The molecule has 3 heteroatoms. The number of piperidine rings is 1. The number of nitrogens with zero attached hydrogens (tertiary/aromatic N) is 1. The summed E-state index contributed by atoms with van der Waals surface area (Å²) < 4.78 is 5.18. The maximum atomic E-state index is 5.18. The van der Waals surface area contributed by atoms with E-state index in [1.165, 1.54) is 12.8 Å². The van der Waals surface area contributed by atoms with Gasteiger partial charge in [0.1, 0.15) is 5.76 Å². The molecule has 1 fully saturated rings. The van der Waals surface area contributed by atoms with Crippen LogP contribution in [0.1, 0.15) is 30.2 Å². The van der Waals surface area contributed by atoms with Gasteiger partial charge in [0, 0.05) is 12.5 Å². The fourth-order valence-electron chi connectivity index (χ4n) is 1.79. The predicted octanol–water partition coefficient (Wildman–Crippen LogP) is 1.45. The van der Waals surface area contributed by atoms with E-state index in [0.717, 1.165) is 24.5 Å². The highest BCUT2D eigenvalue weighted by atomic mass is 16.3. The molecule has 0 aliphatic carbocycles. The highest BCUT2D eigenvalue weighted by Crippen LogP contribution is 2.23. The summed E-state index contributed by atoms with van der Waals surface area (Å²) in [7, 11) is 0. The Balaban J connectivity index is 2.13. The van der Waals surface area contributed by atoms with Gasteiger partial charge >= 0.3 is 0 Å². The average Bonchev–Trinajstić information content (AvgIpc) is 2.53. The quantitative estimate of drug-likeness (QED) is 0.686. The molecule has 1 saturated heterocycles. The maximum Gasteiger partial charge on any atom is 0.181 e. The molecule has 0 saturated carbocycles. The first-order valence-electron chi connectivity index (χ1n) is 4.48. The van der Waals surface area contributed by atoms with Gasteiger partial charge in [-0.05, 0) is 26.3 Å². The molecule has 1 N–H and O–H groups in total. The van der Waals surface area contributed by atoms with E-state index in [0.29, 0.717) is 5.92 Å². The Bertz CT molecular complexity index is 251. The molecular weight excluding hydrogens is 152 g/mol. The van der Waals surface area contributed by atoms with Gasteiger partial charge in [0.05, 0.1) is 5.69 Å². The Labute approximate surface area is 72.2 Å². The van der Waals surface area contributed by atoms with Gasteiger partial charge < -0.3 is 9.73 Å². The Morgan fingerprint density at radius 1 is 1.67 bits per heavy atom. The second-order valence-corrected chi connectivity index (χ2v) is 3.34. The van der Waals surface area contributed by atoms with Crippen LogP contribution in [0.2, 0.25) is 0 Å². The van der Waals surface area contributed by atoms with Crippen molar-refractivity contribution in [2.75, 3.05) is 13.1 Å². The van der Waals surface area contributed by atoms with Crippen molar-refractivity contribution in [3.63, 3.8) is 0 Å². The number of hydrogen-bond donors (Lipinski definition) is 1. The van der Waals surface area contributed by atoms with E-state index in [9.17, 15) is 0 Å². The van der Waals surface area contributed by atoms with Gasteiger partial charge in [-0.1, -0.05) is 0 Å². The lowest BCUT2D eigenvalue weighted by molar-refractivity contribution is 0.448. The van der Waals surface area contributed by atoms with Gasteiger partial charge in [0.15, 0.2) is 6.39 Å². The van der Waals surface area contributed by atoms with Crippen LogP contribution < -0.4 is 5.32 Å². The smallest absolute Gasteiger partial charge is 0.181 e. The fourth-order valence-corrected chi connectivity index (χ4v) is 1.79. The molecule has 0 aromatic carbocycles. The number of aromatic nitrogens is 1. The van der Waals surface area contributed by atoms with Crippen molar-refractivity contribution in [1.82, 2.24) is 10.3 Å². The van der Waals surface area contributed by atoms with Crippen LogP contribution in [-0.2, 0) is 0 Å². The molecule has 1 aliphatic rings. The summed E-state index contributed by atoms with van der Waals surface area (Å²) in [4.78, 5) is 4.23. The summed E-state index contributed by atoms with van der Waals surface area (Å²) in [5.41, 5.74) is 1.14. The van der Waals surface area contributed by atoms with Crippen molar-refractivity contribution in [1.29, 1.82) is 0 Å². The fraction of sp³-hybridized carbons (Fsp3) is 0.667. The molecule has 0 amide bonds. The van der Waals surface area contributed by atoms with Crippen LogP contribution in [0.25, 0.3) is 0 Å². The molecule has 1 atom stereocenters. The molecule has 1 aliphatic heterocycles. The number of rotatable bonds is 1. The number of aryl methyl sites for hydroxylation is 1. The number of nitrogens with one attached hydrogen (secondary N) is 1. The molecule has 3 nitrogen and oxygen atoms in total. The summed E-state index contributed by atoms with van der Waals surface area (Å²) in [6.07, 6.45) is 4.02. The number of hydrogen-bond acceptors (Lipinski definition) is 3. The summed E-state index contributed by atoms with van der Waals surface area (Å²) >= 11 is 0. The van der Waals surface area contributed by atoms with Gasteiger partial charge in [0.2, 0.25) is 0 Å². The van der Waals surface area contributed by atoms with Gasteiger partial charge in [-0.25, -0.2) is 4.98 Å². The van der Waals surface area contributed by atoms with Crippen molar-refractivity contribution in [2.24, 2.45) is 0 Å². The van der Waals surface area contributed by atoms with Gasteiger partial charge in [-0.2, -0.15) is 0 Å². The second kappa shape index (κ2) is 3.27. The lowest BCUT2D eigenvalue weighted by Crippen LogP contribution is -2.28. The average molecular weight is 166 g/mol. The Hall–Kier alpha value is -0.830. The Kier molecular flexibility index (Phi) is 2.13. The van der Waals surface area contributed by atoms with E-state index >= 15 is 0 Å². The van der Waals surface area contributed by atoms with E-state index in [1.54, 1.807) is 6.39 Å². The topological polar surface area (TPSA) is 38.1 Å². The minimum absolute atomic E-state index is 0.567. The van der Waals surface area contributed by atoms with Crippen LogP contribution >= 0.6 is 0 Å². The Morgan fingerprint density at radius 2 is 2.58 bits per heavy atom. The molecule has 12 heavy (non-hydrogen) atoms. The monoisotopic (exact) mass is 166 g/mol. The maximum absolute atomic E-state index is 5.18. The highest BCUT2D eigenvalue weighted by Gasteiger charge is 2.19. The summed E-state index contributed by atoms with van der Waals surface area (Å²) in [5, 5.41) is 3.37. The van der Waals surface area contributed by atoms with E-state index in [4.69, 9.17) is 4.42 Å². The normalized spacial score (nSPS) is 24.2. The molecular formula is C9H14N2O. The van der Waals surface area contributed by atoms with Crippen molar-refractivity contribution >= 4 is 0 Å². The van der Waals surface area contributed by atoms with Gasteiger partial charge in [0.25, 0.3) is 0 Å². The van der Waals surface area contributed by atoms with Crippen molar-refractivity contribution in [3.8, 4) is 0 Å². The molecule has 2 heterocycles. The molecule has 1 unspecified atom stereocenters. The zero-order chi connectivity index (χ0) is 8.39. The van der Waals surface area contributed by atoms with Gasteiger partial charge in [-0.15, -0.1) is 0 Å². The summed E-state index contributed by atoms with van der Waals surface area (Å²) in [6.45, 7) is 4.18.